The number of rotatable bonds is 7. The second-order valence-corrected chi connectivity index (χ2v) is 9.41. The number of aliphatic hydroxyl groups is 2. The number of thioether (sulfide) groups is 1. The smallest absolute Gasteiger partial charge is 0.387 e. The zero-order valence-corrected chi connectivity index (χ0v) is 17.1. The van der Waals surface area contributed by atoms with E-state index in [1.54, 1.807) is 6.26 Å². The summed E-state index contributed by atoms with van der Waals surface area (Å²) < 4.78 is 37.1. The summed E-state index contributed by atoms with van der Waals surface area (Å²) >= 11 is 1.22. The van der Waals surface area contributed by atoms with Gasteiger partial charge in [0.2, 0.25) is 0 Å². The standard InChI is InChI=1S/C11H17N5O10P2S/c1-29-11-14-8(12)5-9(15-11)16(3-13-5)10-7(18)6(17)4(25-10)2-24-28(22,23)26-27(19,20)21/h3-4,6-7,10,17-18H,2H2,1H3,(H,22,23)(H2,12,14,15)(H2,19,20,21)/t4-,6+,7+,10+/m0/s1. The molecule has 0 radical (unpaired) electrons. The van der Waals surface area contributed by atoms with Crippen molar-refractivity contribution in [2.24, 2.45) is 0 Å². The lowest BCUT2D eigenvalue weighted by molar-refractivity contribution is -0.0503. The highest BCUT2D eigenvalue weighted by molar-refractivity contribution is 7.98. The fourth-order valence-corrected chi connectivity index (χ4v) is 4.58. The molecule has 1 unspecified atom stereocenters. The minimum atomic E-state index is -5.30. The van der Waals surface area contributed by atoms with E-state index >= 15 is 0 Å². The van der Waals surface area contributed by atoms with Crippen LogP contribution >= 0.6 is 27.4 Å². The van der Waals surface area contributed by atoms with Crippen molar-refractivity contribution in [3.8, 4) is 0 Å². The van der Waals surface area contributed by atoms with Crippen molar-refractivity contribution in [3.63, 3.8) is 0 Å². The molecule has 1 saturated heterocycles. The fraction of sp³-hybridized carbons (Fsp3) is 0.545. The monoisotopic (exact) mass is 473 g/mol. The summed E-state index contributed by atoms with van der Waals surface area (Å²) in [5.74, 6) is 0.0989. The molecule has 1 aliphatic heterocycles. The minimum absolute atomic E-state index is 0.0989. The molecule has 2 aromatic rings. The molecule has 0 spiro atoms. The Balaban J connectivity index is 1.80. The third-order valence-corrected chi connectivity index (χ3v) is 6.53. The summed E-state index contributed by atoms with van der Waals surface area (Å²) in [4.78, 5) is 38.8. The number of nitrogen functional groups attached to an aromatic ring is 1. The highest BCUT2D eigenvalue weighted by Gasteiger charge is 2.46. The first-order valence-corrected chi connectivity index (χ1v) is 12.0. The third kappa shape index (κ3) is 4.95. The molecule has 0 amide bonds. The van der Waals surface area contributed by atoms with Gasteiger partial charge >= 0.3 is 15.6 Å². The van der Waals surface area contributed by atoms with E-state index in [1.165, 1.54) is 22.7 Å². The van der Waals surface area contributed by atoms with Crippen molar-refractivity contribution in [1.29, 1.82) is 0 Å². The van der Waals surface area contributed by atoms with Gasteiger partial charge in [-0.15, -0.1) is 0 Å². The molecule has 29 heavy (non-hydrogen) atoms. The van der Waals surface area contributed by atoms with E-state index in [4.69, 9.17) is 20.3 Å². The van der Waals surface area contributed by atoms with Crippen LogP contribution in [-0.4, -0.2) is 75.6 Å². The second-order valence-electron chi connectivity index (χ2n) is 5.80. The maximum atomic E-state index is 11.5. The first-order chi connectivity index (χ1) is 13.4. The molecule has 1 fully saturated rings. The number of ether oxygens (including phenoxy) is 1. The number of aromatic nitrogens is 4. The number of aliphatic hydroxyl groups excluding tert-OH is 2. The van der Waals surface area contributed by atoms with Crippen LogP contribution in [0.1, 0.15) is 6.23 Å². The van der Waals surface area contributed by atoms with Crippen LogP contribution in [0.25, 0.3) is 11.2 Å². The Morgan fingerprint density at radius 3 is 2.59 bits per heavy atom. The van der Waals surface area contributed by atoms with Crippen molar-refractivity contribution in [3.05, 3.63) is 6.33 Å². The zero-order valence-electron chi connectivity index (χ0n) is 14.5. The van der Waals surface area contributed by atoms with E-state index in [0.717, 1.165) is 0 Å². The molecule has 7 N–H and O–H groups in total. The van der Waals surface area contributed by atoms with Gasteiger partial charge in [0.05, 0.1) is 12.9 Å². The fourth-order valence-electron chi connectivity index (χ4n) is 2.62. The summed E-state index contributed by atoms with van der Waals surface area (Å²) in [6.45, 7) is -0.817. The highest BCUT2D eigenvalue weighted by Crippen LogP contribution is 2.57. The van der Waals surface area contributed by atoms with Gasteiger partial charge in [-0.05, 0) is 6.26 Å². The number of anilines is 1. The largest absolute Gasteiger partial charge is 0.481 e. The molecule has 18 heteroatoms. The van der Waals surface area contributed by atoms with E-state index in [2.05, 4.69) is 23.8 Å². The Kier molecular flexibility index (Phi) is 6.34. The van der Waals surface area contributed by atoms with Crippen molar-refractivity contribution in [2.75, 3.05) is 18.6 Å². The molecule has 5 atom stereocenters. The van der Waals surface area contributed by atoms with Crippen LogP contribution < -0.4 is 5.73 Å². The summed E-state index contributed by atoms with van der Waals surface area (Å²) in [6, 6.07) is 0. The predicted molar refractivity (Wildman–Crippen MR) is 96.3 cm³/mol. The quantitative estimate of drug-likeness (QED) is 0.160. The molecule has 0 aliphatic carbocycles. The van der Waals surface area contributed by atoms with E-state index < -0.39 is 46.8 Å². The molecule has 0 aromatic carbocycles. The summed E-state index contributed by atoms with van der Waals surface area (Å²) in [7, 11) is -10.4. The van der Waals surface area contributed by atoms with E-state index in [1.807, 2.05) is 0 Å². The van der Waals surface area contributed by atoms with Crippen LogP contribution in [0.3, 0.4) is 0 Å². The lowest BCUT2D eigenvalue weighted by Gasteiger charge is -2.17. The predicted octanol–water partition coefficient (Wildman–Crippen LogP) is -1.02. The van der Waals surface area contributed by atoms with Gasteiger partial charge in [-0.2, -0.15) is 4.31 Å². The number of hydrogen-bond donors (Lipinski definition) is 6. The maximum Gasteiger partial charge on any atom is 0.481 e. The van der Waals surface area contributed by atoms with Gasteiger partial charge in [-0.3, -0.25) is 9.09 Å². The molecule has 3 rings (SSSR count). The van der Waals surface area contributed by atoms with Gasteiger partial charge in [0.15, 0.2) is 22.8 Å². The summed E-state index contributed by atoms with van der Waals surface area (Å²) in [6.07, 6.45) is -2.66. The number of nitrogens with two attached hydrogens (primary N) is 1. The minimum Gasteiger partial charge on any atom is -0.387 e. The average molecular weight is 473 g/mol. The number of phosphoric ester groups is 1. The number of fused-ring (bicyclic) bond motifs is 1. The number of nitrogens with zero attached hydrogens (tertiary/aromatic N) is 4. The summed E-state index contributed by atoms with van der Waals surface area (Å²) in [5, 5.41) is 20.8. The van der Waals surface area contributed by atoms with E-state index in [-0.39, 0.29) is 17.0 Å². The second kappa shape index (κ2) is 8.17. The molecule has 0 saturated carbocycles. The molecule has 15 nitrogen and oxygen atoms in total. The Morgan fingerprint density at radius 2 is 1.97 bits per heavy atom. The van der Waals surface area contributed by atoms with Crippen LogP contribution in [0.5, 0.6) is 0 Å². The van der Waals surface area contributed by atoms with Gasteiger partial charge in [-0.25, -0.2) is 24.1 Å². The molecule has 2 aromatic heterocycles. The van der Waals surface area contributed by atoms with Crippen LogP contribution in [0.2, 0.25) is 0 Å². The van der Waals surface area contributed by atoms with Crippen molar-refractivity contribution < 1.29 is 47.6 Å². The Hall–Kier alpha value is -1.16. The van der Waals surface area contributed by atoms with Crippen molar-refractivity contribution in [1.82, 2.24) is 19.5 Å². The Morgan fingerprint density at radius 1 is 1.28 bits per heavy atom. The highest BCUT2D eigenvalue weighted by atomic mass is 32.2. The Labute approximate surface area is 166 Å². The maximum absolute atomic E-state index is 11.5. The first kappa shape index (κ1) is 22.5. The van der Waals surface area contributed by atoms with Gasteiger partial charge in [0.25, 0.3) is 0 Å². The Bertz CT molecular complexity index is 1000. The lowest BCUT2D eigenvalue weighted by atomic mass is 10.1. The average Bonchev–Trinajstić information content (AvgIpc) is 3.13. The van der Waals surface area contributed by atoms with Crippen molar-refractivity contribution >= 4 is 44.4 Å². The molecule has 0 bridgehead atoms. The van der Waals surface area contributed by atoms with Gasteiger partial charge in [-0.1, -0.05) is 11.8 Å². The zero-order chi connectivity index (χ0) is 21.6. The molecular formula is C11H17N5O10P2S. The van der Waals surface area contributed by atoms with Gasteiger partial charge < -0.3 is 35.4 Å². The van der Waals surface area contributed by atoms with Crippen LogP contribution in [0.4, 0.5) is 5.82 Å². The SMILES string of the molecule is CSc1nc(N)c2ncn([C@@H]3O[C@@H](COP(=O)(O)OP(=O)(O)O)[C@@H](O)[C@H]3O)c2n1. The third-order valence-electron chi connectivity index (χ3n) is 3.83. The summed E-state index contributed by atoms with van der Waals surface area (Å²) in [5.41, 5.74) is 6.29. The molecule has 3 heterocycles. The van der Waals surface area contributed by atoms with Crippen LogP contribution in [0.15, 0.2) is 11.5 Å². The topological polar surface area (TPSA) is 233 Å². The molecular weight excluding hydrogens is 456 g/mol. The van der Waals surface area contributed by atoms with Crippen LogP contribution in [0, 0.1) is 0 Å². The van der Waals surface area contributed by atoms with Crippen molar-refractivity contribution in [2.45, 2.75) is 29.7 Å². The molecule has 1 aliphatic rings. The van der Waals surface area contributed by atoms with Gasteiger partial charge in [0, 0.05) is 0 Å². The number of hydrogen-bond acceptors (Lipinski definition) is 12. The normalized spacial score (nSPS) is 27.4. The van der Waals surface area contributed by atoms with Gasteiger partial charge in [0.1, 0.15) is 23.8 Å². The number of imidazole rings is 1. The van der Waals surface area contributed by atoms with Crippen LogP contribution in [-0.2, 0) is 22.7 Å². The lowest BCUT2D eigenvalue weighted by Crippen LogP contribution is -2.33. The van der Waals surface area contributed by atoms with E-state index in [9.17, 15) is 24.2 Å². The first-order valence-electron chi connectivity index (χ1n) is 7.71. The van der Waals surface area contributed by atoms with E-state index in [0.29, 0.717) is 5.16 Å². The number of phosphoric acid groups is 2. The molecule has 162 valence electrons.